The summed E-state index contributed by atoms with van der Waals surface area (Å²) < 4.78 is 0. The first kappa shape index (κ1) is 11.4. The van der Waals surface area contributed by atoms with E-state index in [2.05, 4.69) is 21.0 Å². The van der Waals surface area contributed by atoms with Gasteiger partial charge in [-0.1, -0.05) is 5.92 Å². The summed E-state index contributed by atoms with van der Waals surface area (Å²) in [5, 5.41) is 2.71. The molecule has 0 radical (unpaired) electrons. The maximum atomic E-state index is 11.5. The highest BCUT2D eigenvalue weighted by atomic mass is 16.2. The third-order valence-electron chi connectivity index (χ3n) is 3.43. The molecule has 0 spiro atoms. The Kier molecular flexibility index (Phi) is 3.81. The van der Waals surface area contributed by atoms with Crippen LogP contribution in [0, 0.1) is 12.3 Å². The molecule has 2 aliphatic heterocycles. The van der Waals surface area contributed by atoms with Crippen LogP contribution in [0.2, 0.25) is 0 Å². The average molecular weight is 221 g/mol. The summed E-state index contributed by atoms with van der Waals surface area (Å²) >= 11 is 0. The number of nitrogens with zero attached hydrogens (tertiary/aromatic N) is 2. The van der Waals surface area contributed by atoms with E-state index in [1.165, 1.54) is 19.4 Å². The first-order valence-electron chi connectivity index (χ1n) is 5.96. The minimum atomic E-state index is 0.0457. The van der Waals surface area contributed by atoms with Gasteiger partial charge >= 0.3 is 0 Å². The Morgan fingerprint density at radius 3 is 3.12 bits per heavy atom. The highest BCUT2D eigenvalue weighted by Crippen LogP contribution is 2.20. The van der Waals surface area contributed by atoms with Gasteiger partial charge in [-0.25, -0.2) is 0 Å². The maximum Gasteiger partial charge on any atom is 0.234 e. The zero-order valence-corrected chi connectivity index (χ0v) is 9.61. The molecule has 2 heterocycles. The van der Waals surface area contributed by atoms with Crippen molar-refractivity contribution in [2.45, 2.75) is 18.9 Å². The van der Waals surface area contributed by atoms with Crippen molar-refractivity contribution < 1.29 is 4.79 Å². The second kappa shape index (κ2) is 5.33. The van der Waals surface area contributed by atoms with Gasteiger partial charge in [0.1, 0.15) is 0 Å². The summed E-state index contributed by atoms with van der Waals surface area (Å²) in [6.45, 7) is 5.20. The molecular formula is C12H19N3O. The van der Waals surface area contributed by atoms with Crippen LogP contribution in [-0.4, -0.2) is 61.0 Å². The second-order valence-electron chi connectivity index (χ2n) is 4.55. The summed E-state index contributed by atoms with van der Waals surface area (Å²) in [5.41, 5.74) is 0. The van der Waals surface area contributed by atoms with Crippen molar-refractivity contribution in [1.29, 1.82) is 0 Å². The fourth-order valence-corrected chi connectivity index (χ4v) is 2.61. The average Bonchev–Trinajstić information content (AvgIpc) is 2.73. The number of carbonyl (C=O) groups is 1. The molecule has 2 fully saturated rings. The van der Waals surface area contributed by atoms with Crippen LogP contribution in [0.4, 0.5) is 0 Å². The van der Waals surface area contributed by atoms with Gasteiger partial charge in [0.25, 0.3) is 0 Å². The number of nitrogens with one attached hydrogen (secondary N) is 1. The third kappa shape index (κ3) is 2.75. The molecule has 0 aromatic carbocycles. The van der Waals surface area contributed by atoms with Gasteiger partial charge in [-0.2, -0.15) is 0 Å². The number of hydrogen-bond acceptors (Lipinski definition) is 3. The standard InChI is InChI=1S/C12H19N3O/c1-2-5-13-12(16)10-14-7-8-15-6-3-4-11(15)9-14/h1,11H,3-10H2,(H,13,16). The maximum absolute atomic E-state index is 11.5. The van der Waals surface area contributed by atoms with Crippen LogP contribution in [0.15, 0.2) is 0 Å². The molecule has 0 aromatic heterocycles. The molecule has 4 nitrogen and oxygen atoms in total. The van der Waals surface area contributed by atoms with Gasteiger partial charge in [0.2, 0.25) is 5.91 Å². The number of terminal acetylenes is 1. The fraction of sp³-hybridized carbons (Fsp3) is 0.750. The highest BCUT2D eigenvalue weighted by molar-refractivity contribution is 5.78. The minimum Gasteiger partial charge on any atom is -0.344 e. The van der Waals surface area contributed by atoms with Crippen molar-refractivity contribution in [3.8, 4) is 12.3 Å². The predicted molar refractivity (Wildman–Crippen MR) is 62.9 cm³/mol. The zero-order chi connectivity index (χ0) is 11.4. The monoisotopic (exact) mass is 221 g/mol. The Labute approximate surface area is 97.0 Å². The Morgan fingerprint density at radius 1 is 1.44 bits per heavy atom. The number of rotatable bonds is 3. The molecule has 4 heteroatoms. The van der Waals surface area contributed by atoms with Crippen molar-refractivity contribution >= 4 is 5.91 Å². The summed E-state index contributed by atoms with van der Waals surface area (Å²) in [6, 6.07) is 0.675. The van der Waals surface area contributed by atoms with Gasteiger partial charge < -0.3 is 5.32 Å². The van der Waals surface area contributed by atoms with Crippen molar-refractivity contribution in [3.05, 3.63) is 0 Å². The van der Waals surface area contributed by atoms with Crippen molar-refractivity contribution in [2.75, 3.05) is 39.3 Å². The van der Waals surface area contributed by atoms with Gasteiger partial charge in [-0.3, -0.25) is 14.6 Å². The van der Waals surface area contributed by atoms with Crippen molar-refractivity contribution in [2.24, 2.45) is 0 Å². The third-order valence-corrected chi connectivity index (χ3v) is 3.43. The largest absolute Gasteiger partial charge is 0.344 e. The summed E-state index contributed by atoms with van der Waals surface area (Å²) in [5.74, 6) is 2.46. The van der Waals surface area contributed by atoms with Gasteiger partial charge in [0.05, 0.1) is 13.1 Å². The number of fused-ring (bicyclic) bond motifs is 1. The fourth-order valence-electron chi connectivity index (χ4n) is 2.61. The zero-order valence-electron chi connectivity index (χ0n) is 9.61. The van der Waals surface area contributed by atoms with Crippen LogP contribution in [0.1, 0.15) is 12.8 Å². The van der Waals surface area contributed by atoms with E-state index in [0.717, 1.165) is 19.6 Å². The molecular weight excluding hydrogens is 202 g/mol. The van der Waals surface area contributed by atoms with Gasteiger partial charge in [0, 0.05) is 25.7 Å². The molecule has 16 heavy (non-hydrogen) atoms. The van der Waals surface area contributed by atoms with E-state index in [-0.39, 0.29) is 5.91 Å². The Morgan fingerprint density at radius 2 is 2.31 bits per heavy atom. The van der Waals surface area contributed by atoms with Crippen LogP contribution in [0.5, 0.6) is 0 Å². The quantitative estimate of drug-likeness (QED) is 0.654. The van der Waals surface area contributed by atoms with Crippen LogP contribution >= 0.6 is 0 Å². The molecule has 2 saturated heterocycles. The molecule has 0 bridgehead atoms. The lowest BCUT2D eigenvalue weighted by atomic mass is 10.1. The van der Waals surface area contributed by atoms with E-state index >= 15 is 0 Å². The molecule has 1 atom stereocenters. The molecule has 1 amide bonds. The highest BCUT2D eigenvalue weighted by Gasteiger charge is 2.30. The van der Waals surface area contributed by atoms with Crippen molar-refractivity contribution in [1.82, 2.24) is 15.1 Å². The first-order chi connectivity index (χ1) is 7.79. The second-order valence-corrected chi connectivity index (χ2v) is 4.55. The number of carbonyl (C=O) groups excluding carboxylic acids is 1. The number of piperazine rings is 1. The molecule has 1 unspecified atom stereocenters. The van der Waals surface area contributed by atoms with Crippen LogP contribution < -0.4 is 5.32 Å². The molecule has 88 valence electrons. The van der Waals surface area contributed by atoms with Gasteiger partial charge in [-0.05, 0) is 19.4 Å². The van der Waals surface area contributed by atoms with E-state index < -0.39 is 0 Å². The van der Waals surface area contributed by atoms with E-state index in [1.54, 1.807) is 0 Å². The lowest BCUT2D eigenvalue weighted by Crippen LogP contribution is -2.52. The molecule has 0 saturated carbocycles. The Balaban J connectivity index is 1.74. The Bertz CT molecular complexity index is 297. The molecule has 0 aromatic rings. The van der Waals surface area contributed by atoms with E-state index in [4.69, 9.17) is 6.42 Å². The van der Waals surface area contributed by atoms with E-state index in [0.29, 0.717) is 19.1 Å². The Hall–Kier alpha value is -1.05. The van der Waals surface area contributed by atoms with Gasteiger partial charge in [-0.15, -0.1) is 6.42 Å². The minimum absolute atomic E-state index is 0.0457. The smallest absolute Gasteiger partial charge is 0.234 e. The normalized spacial score (nSPS) is 26.1. The first-order valence-corrected chi connectivity index (χ1v) is 5.96. The molecule has 1 N–H and O–H groups in total. The summed E-state index contributed by atoms with van der Waals surface area (Å²) in [4.78, 5) is 16.3. The summed E-state index contributed by atoms with van der Waals surface area (Å²) in [7, 11) is 0. The van der Waals surface area contributed by atoms with Crippen LogP contribution in [-0.2, 0) is 4.79 Å². The molecule has 2 rings (SSSR count). The predicted octanol–water partition coefficient (Wildman–Crippen LogP) is -0.484. The molecule has 2 aliphatic rings. The van der Waals surface area contributed by atoms with E-state index in [1.807, 2.05) is 0 Å². The number of hydrogen-bond donors (Lipinski definition) is 1. The van der Waals surface area contributed by atoms with Crippen LogP contribution in [0.25, 0.3) is 0 Å². The summed E-state index contributed by atoms with van der Waals surface area (Å²) in [6.07, 6.45) is 7.68. The lowest BCUT2D eigenvalue weighted by Gasteiger charge is -2.37. The topological polar surface area (TPSA) is 35.6 Å². The molecule has 0 aliphatic carbocycles. The SMILES string of the molecule is C#CCNC(=O)CN1CCN2CCCC2C1. The van der Waals surface area contributed by atoms with Crippen LogP contribution in [0.3, 0.4) is 0 Å². The van der Waals surface area contributed by atoms with Crippen molar-refractivity contribution in [3.63, 3.8) is 0 Å². The number of amides is 1. The lowest BCUT2D eigenvalue weighted by molar-refractivity contribution is -0.122. The van der Waals surface area contributed by atoms with Gasteiger partial charge in [0.15, 0.2) is 0 Å². The van der Waals surface area contributed by atoms with E-state index in [9.17, 15) is 4.79 Å².